The van der Waals surface area contributed by atoms with Gasteiger partial charge in [0.1, 0.15) is 5.82 Å². The molecule has 1 aromatic rings. The smallest absolute Gasteiger partial charge is 0.335 e. The first-order valence-electron chi connectivity index (χ1n) is 3.97. The minimum Gasteiger partial charge on any atom is -0.478 e. The third kappa shape index (κ3) is 2.43. The monoisotopic (exact) mass is 198 g/mol. The number of carboxylic acids is 1. The van der Waals surface area contributed by atoms with E-state index in [4.69, 9.17) is 5.11 Å². The fourth-order valence-electron chi connectivity index (χ4n) is 0.980. The van der Waals surface area contributed by atoms with Gasteiger partial charge in [-0.25, -0.2) is 14.2 Å². The summed E-state index contributed by atoms with van der Waals surface area (Å²) in [5.74, 6) is -1.72. The Bertz CT molecular complexity index is 353. The molecule has 5 heteroatoms. The van der Waals surface area contributed by atoms with Crippen molar-refractivity contribution < 1.29 is 14.3 Å². The summed E-state index contributed by atoms with van der Waals surface area (Å²) in [4.78, 5) is 10.5. The number of nitrogens with one attached hydrogen (secondary N) is 1. The lowest BCUT2D eigenvalue weighted by atomic mass is 10.2. The Morgan fingerprint density at radius 3 is 2.57 bits per heavy atom. The van der Waals surface area contributed by atoms with Crippen LogP contribution in [0.4, 0.5) is 10.1 Å². The zero-order valence-corrected chi connectivity index (χ0v) is 7.91. The van der Waals surface area contributed by atoms with Crippen LogP contribution in [0.15, 0.2) is 18.2 Å². The molecule has 0 aliphatic rings. The van der Waals surface area contributed by atoms with Gasteiger partial charge in [0.05, 0.1) is 11.3 Å². The van der Waals surface area contributed by atoms with Crippen molar-refractivity contribution in [3.63, 3.8) is 0 Å². The zero-order valence-electron chi connectivity index (χ0n) is 7.91. The number of anilines is 1. The third-order valence-electron chi connectivity index (χ3n) is 1.56. The van der Waals surface area contributed by atoms with E-state index in [0.29, 0.717) is 0 Å². The quantitative estimate of drug-likeness (QED) is 0.721. The molecule has 0 aliphatic carbocycles. The Hall–Kier alpha value is -1.62. The van der Waals surface area contributed by atoms with Crippen LogP contribution >= 0.6 is 0 Å². The topological polar surface area (TPSA) is 52.6 Å². The van der Waals surface area contributed by atoms with Crippen molar-refractivity contribution in [1.82, 2.24) is 5.01 Å². The first kappa shape index (κ1) is 10.5. The standard InChI is InChI=1S/C9H11FN2O2/c1-12(2)11-8-4-3-6(9(13)14)5-7(8)10/h3-5,11H,1-2H3,(H,13,14). The van der Waals surface area contributed by atoms with Crippen LogP contribution in [0.3, 0.4) is 0 Å². The Morgan fingerprint density at radius 2 is 2.14 bits per heavy atom. The van der Waals surface area contributed by atoms with E-state index in [2.05, 4.69) is 5.43 Å². The van der Waals surface area contributed by atoms with Gasteiger partial charge in [-0.05, 0) is 18.2 Å². The minimum atomic E-state index is -1.14. The Labute approximate surface area is 80.9 Å². The fourth-order valence-corrected chi connectivity index (χ4v) is 0.980. The zero-order chi connectivity index (χ0) is 10.7. The number of hydrogen-bond donors (Lipinski definition) is 2. The number of hydrazine groups is 1. The van der Waals surface area contributed by atoms with E-state index in [0.717, 1.165) is 6.07 Å². The predicted molar refractivity (Wildman–Crippen MR) is 50.7 cm³/mol. The molecule has 0 fully saturated rings. The molecular weight excluding hydrogens is 187 g/mol. The summed E-state index contributed by atoms with van der Waals surface area (Å²) in [7, 11) is 3.43. The highest BCUT2D eigenvalue weighted by atomic mass is 19.1. The molecule has 4 nitrogen and oxygen atoms in total. The van der Waals surface area contributed by atoms with Crippen LogP contribution in [-0.2, 0) is 0 Å². The minimum absolute atomic E-state index is 0.0631. The highest BCUT2D eigenvalue weighted by Crippen LogP contribution is 2.15. The van der Waals surface area contributed by atoms with Gasteiger partial charge < -0.3 is 10.5 Å². The maximum Gasteiger partial charge on any atom is 0.335 e. The molecule has 2 N–H and O–H groups in total. The molecule has 0 saturated heterocycles. The van der Waals surface area contributed by atoms with Crippen LogP contribution < -0.4 is 5.43 Å². The number of carboxylic acid groups (broad SMARTS) is 1. The van der Waals surface area contributed by atoms with E-state index in [-0.39, 0.29) is 11.3 Å². The number of hydrogen-bond acceptors (Lipinski definition) is 3. The molecule has 0 radical (unpaired) electrons. The van der Waals surface area contributed by atoms with E-state index in [1.165, 1.54) is 12.1 Å². The molecule has 1 aromatic carbocycles. The maximum atomic E-state index is 13.2. The van der Waals surface area contributed by atoms with Gasteiger partial charge in [-0.1, -0.05) is 0 Å². The highest BCUT2D eigenvalue weighted by molar-refractivity contribution is 5.88. The number of halogens is 1. The molecular formula is C9H11FN2O2. The van der Waals surface area contributed by atoms with Gasteiger partial charge in [0.15, 0.2) is 0 Å². The van der Waals surface area contributed by atoms with Gasteiger partial charge >= 0.3 is 5.97 Å². The summed E-state index contributed by atoms with van der Waals surface area (Å²) < 4.78 is 13.2. The number of aromatic carboxylic acids is 1. The summed E-state index contributed by atoms with van der Waals surface area (Å²) in [5, 5.41) is 10.2. The number of rotatable bonds is 3. The molecule has 0 heterocycles. The number of benzene rings is 1. The molecule has 0 amide bonds. The average molecular weight is 198 g/mol. The van der Waals surface area contributed by atoms with E-state index < -0.39 is 11.8 Å². The number of carbonyl (C=O) groups is 1. The molecule has 0 aliphatic heterocycles. The Kier molecular flexibility index (Phi) is 3.03. The largest absolute Gasteiger partial charge is 0.478 e. The molecule has 76 valence electrons. The van der Waals surface area contributed by atoms with Crippen molar-refractivity contribution in [3.8, 4) is 0 Å². The highest BCUT2D eigenvalue weighted by Gasteiger charge is 2.07. The summed E-state index contributed by atoms with van der Waals surface area (Å²) >= 11 is 0. The molecule has 0 unspecified atom stereocenters. The van der Waals surface area contributed by atoms with E-state index in [1.54, 1.807) is 19.1 Å². The number of nitrogens with zero attached hydrogens (tertiary/aromatic N) is 1. The second-order valence-corrected chi connectivity index (χ2v) is 3.01. The predicted octanol–water partition coefficient (Wildman–Crippen LogP) is 1.41. The molecule has 0 spiro atoms. The van der Waals surface area contributed by atoms with Crippen molar-refractivity contribution in [2.45, 2.75) is 0 Å². The second-order valence-electron chi connectivity index (χ2n) is 3.01. The van der Waals surface area contributed by atoms with Gasteiger partial charge in [0, 0.05) is 14.1 Å². The van der Waals surface area contributed by atoms with E-state index in [9.17, 15) is 9.18 Å². The average Bonchev–Trinajstić information content (AvgIpc) is 2.07. The van der Waals surface area contributed by atoms with Gasteiger partial charge in [-0.2, -0.15) is 0 Å². The fraction of sp³-hybridized carbons (Fsp3) is 0.222. The van der Waals surface area contributed by atoms with Crippen LogP contribution in [0.5, 0.6) is 0 Å². The lowest BCUT2D eigenvalue weighted by Gasteiger charge is -2.14. The lowest BCUT2D eigenvalue weighted by Crippen LogP contribution is -2.20. The van der Waals surface area contributed by atoms with Crippen molar-refractivity contribution in [2.24, 2.45) is 0 Å². The van der Waals surface area contributed by atoms with Gasteiger partial charge in [0.25, 0.3) is 0 Å². The first-order valence-corrected chi connectivity index (χ1v) is 3.97. The lowest BCUT2D eigenvalue weighted by molar-refractivity contribution is 0.0696. The SMILES string of the molecule is CN(C)Nc1ccc(C(=O)O)cc1F. The maximum absolute atomic E-state index is 13.2. The molecule has 0 atom stereocenters. The van der Waals surface area contributed by atoms with Crippen LogP contribution in [0.1, 0.15) is 10.4 Å². The van der Waals surface area contributed by atoms with Gasteiger partial charge in [-0.15, -0.1) is 0 Å². The van der Waals surface area contributed by atoms with Crippen LogP contribution in [0.2, 0.25) is 0 Å². The van der Waals surface area contributed by atoms with Crippen LogP contribution in [-0.4, -0.2) is 30.2 Å². The van der Waals surface area contributed by atoms with Crippen molar-refractivity contribution in [3.05, 3.63) is 29.6 Å². The Balaban J connectivity index is 2.95. The van der Waals surface area contributed by atoms with Crippen molar-refractivity contribution in [2.75, 3.05) is 19.5 Å². The summed E-state index contributed by atoms with van der Waals surface area (Å²) in [6.45, 7) is 0. The molecule has 14 heavy (non-hydrogen) atoms. The molecule has 0 saturated carbocycles. The first-order chi connectivity index (χ1) is 6.50. The van der Waals surface area contributed by atoms with Gasteiger partial charge in [0.2, 0.25) is 0 Å². The normalized spacial score (nSPS) is 10.3. The van der Waals surface area contributed by atoms with Crippen LogP contribution in [0, 0.1) is 5.82 Å². The van der Waals surface area contributed by atoms with Gasteiger partial charge in [-0.3, -0.25) is 0 Å². The van der Waals surface area contributed by atoms with Crippen molar-refractivity contribution in [1.29, 1.82) is 0 Å². The van der Waals surface area contributed by atoms with Crippen LogP contribution in [0.25, 0.3) is 0 Å². The van der Waals surface area contributed by atoms with E-state index >= 15 is 0 Å². The summed E-state index contributed by atoms with van der Waals surface area (Å²) in [6.07, 6.45) is 0. The van der Waals surface area contributed by atoms with Crippen molar-refractivity contribution >= 4 is 11.7 Å². The Morgan fingerprint density at radius 1 is 1.50 bits per heavy atom. The molecule has 1 rings (SSSR count). The summed E-state index contributed by atoms with van der Waals surface area (Å²) in [6, 6.07) is 3.71. The molecule has 0 aromatic heterocycles. The summed E-state index contributed by atoms with van der Waals surface area (Å²) in [5.41, 5.74) is 2.89. The van der Waals surface area contributed by atoms with E-state index in [1.807, 2.05) is 0 Å². The third-order valence-corrected chi connectivity index (χ3v) is 1.56. The molecule has 0 bridgehead atoms. The second kappa shape index (κ2) is 4.06.